The third-order valence-electron chi connectivity index (χ3n) is 2.18. The summed E-state index contributed by atoms with van der Waals surface area (Å²) in [6.45, 7) is 0. The number of nitrogens with zero attached hydrogens (tertiary/aromatic N) is 1. The highest BCUT2D eigenvalue weighted by Crippen LogP contribution is 2.28. The minimum absolute atomic E-state index is 0.0540. The lowest BCUT2D eigenvalue weighted by Gasteiger charge is -2.07. The first-order valence-corrected chi connectivity index (χ1v) is 5.72. The molecule has 0 aliphatic heterocycles. The zero-order valence-electron chi connectivity index (χ0n) is 8.95. The van der Waals surface area contributed by atoms with Crippen LogP contribution in [-0.4, -0.2) is 0 Å². The van der Waals surface area contributed by atoms with Crippen molar-refractivity contribution in [3.05, 3.63) is 58.1 Å². The van der Waals surface area contributed by atoms with Crippen molar-refractivity contribution < 1.29 is 13.5 Å². The van der Waals surface area contributed by atoms with Gasteiger partial charge in [-0.1, -0.05) is 0 Å². The van der Waals surface area contributed by atoms with E-state index in [4.69, 9.17) is 10.00 Å². The maximum absolute atomic E-state index is 13.3. The fourth-order valence-corrected chi connectivity index (χ4v) is 1.59. The molecular formula is C13H6BrF2NO. The van der Waals surface area contributed by atoms with Gasteiger partial charge in [0.2, 0.25) is 0 Å². The molecule has 0 fully saturated rings. The maximum atomic E-state index is 13.3. The average Bonchev–Trinajstić information content (AvgIpc) is 2.36. The Labute approximate surface area is 111 Å². The maximum Gasteiger partial charge on any atom is 0.145 e. The van der Waals surface area contributed by atoms with E-state index in [1.165, 1.54) is 30.3 Å². The minimum Gasteiger partial charge on any atom is -0.456 e. The quantitative estimate of drug-likeness (QED) is 0.824. The molecule has 18 heavy (non-hydrogen) atoms. The van der Waals surface area contributed by atoms with Gasteiger partial charge in [0, 0.05) is 6.07 Å². The van der Waals surface area contributed by atoms with E-state index < -0.39 is 11.6 Å². The number of hydrogen-bond donors (Lipinski definition) is 0. The normalized spacial score (nSPS) is 9.89. The van der Waals surface area contributed by atoms with Crippen LogP contribution in [0.3, 0.4) is 0 Å². The Hall–Kier alpha value is -1.93. The van der Waals surface area contributed by atoms with Crippen molar-refractivity contribution in [2.24, 2.45) is 0 Å². The van der Waals surface area contributed by atoms with Crippen LogP contribution in [-0.2, 0) is 0 Å². The molecule has 2 aromatic rings. The van der Waals surface area contributed by atoms with E-state index in [1.54, 1.807) is 0 Å². The molecule has 2 aromatic carbocycles. The Morgan fingerprint density at radius 2 is 1.89 bits per heavy atom. The molecule has 0 spiro atoms. The second kappa shape index (κ2) is 5.15. The van der Waals surface area contributed by atoms with Gasteiger partial charge >= 0.3 is 0 Å². The van der Waals surface area contributed by atoms with Gasteiger partial charge in [0.05, 0.1) is 10.0 Å². The molecule has 0 aliphatic rings. The summed E-state index contributed by atoms with van der Waals surface area (Å²) in [6.07, 6.45) is 0. The molecule has 0 aromatic heterocycles. The van der Waals surface area contributed by atoms with Crippen molar-refractivity contribution in [3.63, 3.8) is 0 Å². The standard InChI is InChI=1S/C13H6BrF2NO/c14-11-3-2-10(6-12(11)16)18-13-4-1-9(15)5-8(13)7-17/h1-6H. The topological polar surface area (TPSA) is 33.0 Å². The van der Waals surface area contributed by atoms with Gasteiger partial charge in [-0.15, -0.1) is 0 Å². The number of nitriles is 1. The monoisotopic (exact) mass is 309 g/mol. The van der Waals surface area contributed by atoms with Gasteiger partial charge in [-0.3, -0.25) is 0 Å². The number of rotatable bonds is 2. The van der Waals surface area contributed by atoms with Gasteiger partial charge in [-0.25, -0.2) is 8.78 Å². The predicted molar refractivity (Wildman–Crippen MR) is 65.3 cm³/mol. The number of ether oxygens (including phenoxy) is 1. The van der Waals surface area contributed by atoms with Gasteiger partial charge in [0.15, 0.2) is 0 Å². The molecule has 0 saturated heterocycles. The van der Waals surface area contributed by atoms with Crippen LogP contribution in [0.4, 0.5) is 8.78 Å². The van der Waals surface area contributed by atoms with Crippen LogP contribution < -0.4 is 4.74 Å². The van der Waals surface area contributed by atoms with Gasteiger partial charge < -0.3 is 4.74 Å². The molecule has 0 unspecified atom stereocenters. The van der Waals surface area contributed by atoms with Crippen LogP contribution in [0.25, 0.3) is 0 Å². The molecule has 2 rings (SSSR count). The van der Waals surface area contributed by atoms with E-state index >= 15 is 0 Å². The highest BCUT2D eigenvalue weighted by atomic mass is 79.9. The van der Waals surface area contributed by atoms with E-state index in [9.17, 15) is 8.78 Å². The third-order valence-corrected chi connectivity index (χ3v) is 2.82. The lowest BCUT2D eigenvalue weighted by molar-refractivity contribution is 0.472. The number of hydrogen-bond acceptors (Lipinski definition) is 2. The zero-order valence-corrected chi connectivity index (χ0v) is 10.5. The van der Waals surface area contributed by atoms with Crippen LogP contribution in [0, 0.1) is 23.0 Å². The van der Waals surface area contributed by atoms with Gasteiger partial charge in [0.1, 0.15) is 29.2 Å². The molecule has 5 heteroatoms. The van der Waals surface area contributed by atoms with Crippen LogP contribution in [0.2, 0.25) is 0 Å². The Kier molecular flexibility index (Phi) is 3.58. The first kappa shape index (κ1) is 12.5. The molecule has 0 saturated carbocycles. The van der Waals surface area contributed by atoms with E-state index in [0.29, 0.717) is 4.47 Å². The first-order valence-electron chi connectivity index (χ1n) is 4.92. The van der Waals surface area contributed by atoms with Crippen LogP contribution in [0.1, 0.15) is 5.56 Å². The summed E-state index contributed by atoms with van der Waals surface area (Å²) in [5, 5.41) is 8.84. The third kappa shape index (κ3) is 2.66. The molecule has 0 bridgehead atoms. The highest BCUT2D eigenvalue weighted by molar-refractivity contribution is 9.10. The Balaban J connectivity index is 2.34. The smallest absolute Gasteiger partial charge is 0.145 e. The molecule has 0 N–H and O–H groups in total. The Morgan fingerprint density at radius 1 is 1.11 bits per heavy atom. The van der Waals surface area contributed by atoms with Crippen molar-refractivity contribution in [2.75, 3.05) is 0 Å². The van der Waals surface area contributed by atoms with E-state index in [1.807, 2.05) is 6.07 Å². The SMILES string of the molecule is N#Cc1cc(F)ccc1Oc1ccc(Br)c(F)c1. The summed E-state index contributed by atoms with van der Waals surface area (Å²) in [4.78, 5) is 0. The molecule has 0 aliphatic carbocycles. The molecule has 0 heterocycles. The van der Waals surface area contributed by atoms with Gasteiger partial charge in [-0.05, 0) is 46.3 Å². The van der Waals surface area contributed by atoms with Crippen molar-refractivity contribution in [1.82, 2.24) is 0 Å². The predicted octanol–water partition coefficient (Wildman–Crippen LogP) is 4.39. The number of benzene rings is 2. The van der Waals surface area contributed by atoms with Crippen LogP contribution in [0.5, 0.6) is 11.5 Å². The summed E-state index contributed by atoms with van der Waals surface area (Å²) in [5.41, 5.74) is 0.0540. The fourth-order valence-electron chi connectivity index (χ4n) is 1.35. The lowest BCUT2D eigenvalue weighted by atomic mass is 10.2. The van der Waals surface area contributed by atoms with Crippen molar-refractivity contribution in [3.8, 4) is 17.6 Å². The lowest BCUT2D eigenvalue weighted by Crippen LogP contribution is -1.90. The second-order valence-electron chi connectivity index (χ2n) is 3.43. The highest BCUT2D eigenvalue weighted by Gasteiger charge is 2.08. The zero-order chi connectivity index (χ0) is 13.1. The first-order chi connectivity index (χ1) is 8.60. The van der Waals surface area contributed by atoms with Crippen LogP contribution in [0.15, 0.2) is 40.9 Å². The molecule has 0 radical (unpaired) electrons. The van der Waals surface area contributed by atoms with Crippen LogP contribution >= 0.6 is 15.9 Å². The summed E-state index contributed by atoms with van der Waals surface area (Å²) in [5.74, 6) is -0.589. The van der Waals surface area contributed by atoms with Crippen molar-refractivity contribution >= 4 is 15.9 Å². The molecular weight excluding hydrogens is 304 g/mol. The van der Waals surface area contributed by atoms with Crippen molar-refractivity contribution in [2.45, 2.75) is 0 Å². The van der Waals surface area contributed by atoms with E-state index in [-0.39, 0.29) is 17.1 Å². The fraction of sp³-hybridized carbons (Fsp3) is 0. The summed E-state index contributed by atoms with van der Waals surface area (Å²) in [6, 6.07) is 9.57. The Morgan fingerprint density at radius 3 is 2.56 bits per heavy atom. The molecule has 2 nitrogen and oxygen atoms in total. The Bertz CT molecular complexity index is 637. The largest absolute Gasteiger partial charge is 0.456 e. The van der Waals surface area contributed by atoms with Crippen molar-refractivity contribution in [1.29, 1.82) is 5.26 Å². The average molecular weight is 310 g/mol. The van der Waals surface area contributed by atoms with E-state index in [0.717, 1.165) is 6.07 Å². The summed E-state index contributed by atoms with van der Waals surface area (Å²) >= 11 is 3.02. The molecule has 90 valence electrons. The van der Waals surface area contributed by atoms with E-state index in [2.05, 4.69) is 15.9 Å². The van der Waals surface area contributed by atoms with Gasteiger partial charge in [0.25, 0.3) is 0 Å². The minimum atomic E-state index is -0.527. The molecule has 0 atom stereocenters. The molecule has 0 amide bonds. The second-order valence-corrected chi connectivity index (χ2v) is 4.28. The summed E-state index contributed by atoms with van der Waals surface area (Å²) < 4.78 is 31.8. The summed E-state index contributed by atoms with van der Waals surface area (Å²) in [7, 11) is 0. The number of halogens is 3. The van der Waals surface area contributed by atoms with Gasteiger partial charge in [-0.2, -0.15) is 5.26 Å².